The molecule has 4 rings (SSSR count). The second-order valence-corrected chi connectivity index (χ2v) is 10.4. The highest BCUT2D eigenvalue weighted by Gasteiger charge is 2.27. The summed E-state index contributed by atoms with van der Waals surface area (Å²) in [5.41, 5.74) is 2.63. The third kappa shape index (κ3) is 7.96. The van der Waals surface area contributed by atoms with Gasteiger partial charge in [-0.3, -0.25) is 9.79 Å². The minimum Gasteiger partial charge on any atom is -0.326 e. The number of rotatable bonds is 12. The summed E-state index contributed by atoms with van der Waals surface area (Å²) in [6.07, 6.45) is 18.2. The maximum Gasteiger partial charge on any atom is 0.227 e. The normalized spacial score (nSPS) is 20.6. The van der Waals surface area contributed by atoms with Crippen LogP contribution in [0.5, 0.6) is 0 Å². The lowest BCUT2D eigenvalue weighted by atomic mass is 9.94. The Balaban J connectivity index is 1.30. The maximum absolute atomic E-state index is 12.4. The number of allylic oxidation sites excluding steroid dienone is 3. The first-order chi connectivity index (χ1) is 19.5. The molecule has 2 aliphatic rings. The van der Waals surface area contributed by atoms with Crippen molar-refractivity contribution >= 4 is 30.2 Å². The quantitative estimate of drug-likeness (QED) is 0.203. The van der Waals surface area contributed by atoms with Crippen molar-refractivity contribution < 1.29 is 4.79 Å². The van der Waals surface area contributed by atoms with Crippen molar-refractivity contribution in [1.29, 1.82) is 0 Å². The Bertz CT molecular complexity index is 1290. The van der Waals surface area contributed by atoms with Crippen molar-refractivity contribution in [1.82, 2.24) is 20.0 Å². The van der Waals surface area contributed by atoms with Gasteiger partial charge in [-0.2, -0.15) is 5.10 Å². The van der Waals surface area contributed by atoms with Gasteiger partial charge in [0.1, 0.15) is 0 Å². The predicted octanol–water partition coefficient (Wildman–Crippen LogP) is 6.08. The monoisotopic (exact) mass is 536 g/mol. The number of hydrogen-bond donors (Lipinski definition) is 1. The fraction of sp³-hybridized carbons (Fsp3) is 0.333. The molecule has 3 heterocycles. The molecule has 0 radical (unpaired) electrons. The molecule has 2 aromatic rings. The standard InChI is InChI=1S/C33H40N6O/c1-5-25(3)36-33(40)29-17-20-38(21-18-29)24-27(6-2)12-10-11-19-34-32-30(16-15-28-13-8-7-9-14-28)23-35-31-22-26(4)37-39(31)32/h5-11,13-16,19,22-23,27,29-30,32H,1-3,12,17-18,20-21,24H2,4H3,(H,36,40)/b11-10+,16-15+,34-19+. The van der Waals surface area contributed by atoms with Gasteiger partial charge >= 0.3 is 0 Å². The number of hydrogen-bond acceptors (Lipinski definition) is 5. The van der Waals surface area contributed by atoms with Crippen molar-refractivity contribution in [2.45, 2.75) is 32.4 Å². The molecule has 0 bridgehead atoms. The Morgan fingerprint density at radius 1 is 1.23 bits per heavy atom. The van der Waals surface area contributed by atoms with E-state index >= 15 is 0 Å². The van der Waals surface area contributed by atoms with E-state index in [1.807, 2.05) is 60.5 Å². The van der Waals surface area contributed by atoms with Crippen LogP contribution in [0.4, 0.5) is 5.82 Å². The Labute approximate surface area is 238 Å². The van der Waals surface area contributed by atoms with Crippen LogP contribution in [0.25, 0.3) is 6.08 Å². The van der Waals surface area contributed by atoms with Crippen LogP contribution >= 0.6 is 0 Å². The van der Waals surface area contributed by atoms with Gasteiger partial charge in [-0.1, -0.05) is 67.8 Å². The molecule has 7 nitrogen and oxygen atoms in total. The van der Waals surface area contributed by atoms with Crippen molar-refractivity contribution in [3.8, 4) is 0 Å². The number of benzene rings is 1. The number of carbonyl (C=O) groups excluding carboxylic acids is 1. The van der Waals surface area contributed by atoms with Gasteiger partial charge < -0.3 is 10.2 Å². The first-order valence-electron chi connectivity index (χ1n) is 14.0. The van der Waals surface area contributed by atoms with Gasteiger partial charge in [-0.25, -0.2) is 9.67 Å². The van der Waals surface area contributed by atoms with Crippen LogP contribution in [0.3, 0.4) is 0 Å². The van der Waals surface area contributed by atoms with E-state index in [4.69, 9.17) is 4.99 Å². The molecule has 3 atom stereocenters. The SMILES string of the molecule is C=CC(=C)NC(=O)C1CCN(CC(C=C)C/C=C/C=N/C2C(/C=C/c3ccccc3)C=Nc3cc(C)nn32)CC1. The maximum atomic E-state index is 12.4. The average molecular weight is 537 g/mol. The summed E-state index contributed by atoms with van der Waals surface area (Å²) in [6, 6.07) is 12.2. The van der Waals surface area contributed by atoms with Crippen LogP contribution in [0, 0.1) is 24.7 Å². The minimum absolute atomic E-state index is 0.00238. The van der Waals surface area contributed by atoms with Crippen LogP contribution in [0.15, 0.2) is 102 Å². The molecule has 0 aliphatic carbocycles. The summed E-state index contributed by atoms with van der Waals surface area (Å²) in [4.78, 5) is 24.3. The fourth-order valence-electron chi connectivity index (χ4n) is 5.01. The van der Waals surface area contributed by atoms with E-state index in [-0.39, 0.29) is 23.9 Å². The van der Waals surface area contributed by atoms with Gasteiger partial charge in [0.2, 0.25) is 5.91 Å². The Kier molecular flexibility index (Phi) is 10.4. The molecule has 208 valence electrons. The molecule has 1 amide bonds. The number of nitrogens with zero attached hydrogens (tertiary/aromatic N) is 5. The van der Waals surface area contributed by atoms with Gasteiger partial charge in [0.15, 0.2) is 12.0 Å². The Morgan fingerprint density at radius 2 is 2.00 bits per heavy atom. The predicted molar refractivity (Wildman–Crippen MR) is 166 cm³/mol. The lowest BCUT2D eigenvalue weighted by Crippen LogP contribution is -2.41. The third-order valence-corrected chi connectivity index (χ3v) is 7.34. The second kappa shape index (κ2) is 14.3. The number of aryl methyl sites for hydroxylation is 1. The Hall–Kier alpha value is -4.10. The van der Waals surface area contributed by atoms with Crippen LogP contribution < -0.4 is 5.32 Å². The van der Waals surface area contributed by atoms with Gasteiger partial charge in [0.05, 0.1) is 11.6 Å². The highest BCUT2D eigenvalue weighted by Crippen LogP contribution is 2.31. The van der Waals surface area contributed by atoms with E-state index in [0.717, 1.165) is 56.0 Å². The molecule has 0 saturated carbocycles. The smallest absolute Gasteiger partial charge is 0.227 e. The van der Waals surface area contributed by atoms with Crippen LogP contribution in [-0.2, 0) is 4.79 Å². The molecule has 1 aromatic heterocycles. The molecule has 1 aromatic carbocycles. The van der Waals surface area contributed by atoms with Crippen LogP contribution in [0.1, 0.15) is 36.7 Å². The van der Waals surface area contributed by atoms with Gasteiger partial charge in [-0.05, 0) is 62.9 Å². The van der Waals surface area contributed by atoms with Gasteiger partial charge in [-0.15, -0.1) is 6.58 Å². The zero-order valence-electron chi connectivity index (χ0n) is 23.4. The highest BCUT2D eigenvalue weighted by atomic mass is 16.1. The van der Waals surface area contributed by atoms with Gasteiger partial charge in [0.25, 0.3) is 0 Å². The summed E-state index contributed by atoms with van der Waals surface area (Å²) in [6.45, 7) is 16.2. The van der Waals surface area contributed by atoms with Crippen molar-refractivity contribution in [2.75, 3.05) is 19.6 Å². The molecular weight excluding hydrogens is 496 g/mol. The molecule has 40 heavy (non-hydrogen) atoms. The number of likely N-dealkylation sites (tertiary alicyclic amines) is 1. The molecular formula is C33H40N6O. The number of aromatic nitrogens is 2. The zero-order valence-corrected chi connectivity index (χ0v) is 23.4. The third-order valence-electron chi connectivity index (χ3n) is 7.34. The van der Waals surface area contributed by atoms with E-state index in [1.54, 1.807) is 6.08 Å². The molecule has 0 spiro atoms. The summed E-state index contributed by atoms with van der Waals surface area (Å²) < 4.78 is 1.91. The first kappa shape index (κ1) is 28.9. The van der Waals surface area contributed by atoms with Crippen molar-refractivity contribution in [3.63, 3.8) is 0 Å². The number of amides is 1. The molecule has 1 N–H and O–H groups in total. The molecule has 3 unspecified atom stereocenters. The Morgan fingerprint density at radius 3 is 2.73 bits per heavy atom. The van der Waals surface area contributed by atoms with E-state index in [2.05, 4.69) is 70.4 Å². The zero-order chi connectivity index (χ0) is 28.3. The number of carbonyl (C=O) groups is 1. The second-order valence-electron chi connectivity index (χ2n) is 10.4. The molecule has 7 heteroatoms. The summed E-state index contributed by atoms with van der Waals surface area (Å²) in [5.74, 6) is 1.23. The van der Waals surface area contributed by atoms with E-state index in [1.165, 1.54) is 0 Å². The minimum atomic E-state index is -0.192. The highest BCUT2D eigenvalue weighted by molar-refractivity contribution is 5.80. The largest absolute Gasteiger partial charge is 0.326 e. The number of piperidine rings is 1. The first-order valence-corrected chi connectivity index (χ1v) is 14.0. The molecule has 1 fully saturated rings. The molecule has 2 aliphatic heterocycles. The number of nitrogens with one attached hydrogen (secondary N) is 1. The van der Waals surface area contributed by atoms with Crippen LogP contribution in [-0.4, -0.2) is 52.7 Å². The summed E-state index contributed by atoms with van der Waals surface area (Å²) in [5, 5.41) is 7.49. The number of fused-ring (bicyclic) bond motifs is 1. The fourth-order valence-corrected chi connectivity index (χ4v) is 5.01. The lowest BCUT2D eigenvalue weighted by Gasteiger charge is -2.33. The summed E-state index contributed by atoms with van der Waals surface area (Å²) in [7, 11) is 0. The lowest BCUT2D eigenvalue weighted by molar-refractivity contribution is -0.125. The van der Waals surface area contributed by atoms with E-state index in [0.29, 0.717) is 11.6 Å². The molecule has 1 saturated heterocycles. The van der Waals surface area contributed by atoms with Crippen LogP contribution in [0.2, 0.25) is 0 Å². The number of aliphatic imine (C=N–C) groups is 2. The summed E-state index contributed by atoms with van der Waals surface area (Å²) >= 11 is 0. The van der Waals surface area contributed by atoms with Crippen molar-refractivity contribution in [3.05, 3.63) is 103 Å². The van der Waals surface area contributed by atoms with Crippen molar-refractivity contribution in [2.24, 2.45) is 27.7 Å². The van der Waals surface area contributed by atoms with E-state index in [9.17, 15) is 4.79 Å². The van der Waals surface area contributed by atoms with Gasteiger partial charge in [0, 0.05) is 36.7 Å². The van der Waals surface area contributed by atoms with E-state index < -0.39 is 0 Å². The average Bonchev–Trinajstić information content (AvgIpc) is 3.36. The topological polar surface area (TPSA) is 74.9 Å².